The summed E-state index contributed by atoms with van der Waals surface area (Å²) in [6.45, 7) is 2.13. The molecule has 0 fully saturated rings. The van der Waals surface area contributed by atoms with E-state index in [9.17, 15) is 9.59 Å². The van der Waals surface area contributed by atoms with Crippen LogP contribution in [-0.4, -0.2) is 23.1 Å². The SMILES string of the molecule is CC(=O)CN1Cc2cc(Cl)ccc2C1=O. The molecule has 1 amide bonds. The fraction of sp³-hybridized carbons (Fsp3) is 0.273. The number of carbonyl (C=O) groups excluding carboxylic acids is 2. The molecule has 0 atom stereocenters. The highest BCUT2D eigenvalue weighted by molar-refractivity contribution is 6.30. The summed E-state index contributed by atoms with van der Waals surface area (Å²) < 4.78 is 0. The first-order valence-corrected chi connectivity index (χ1v) is 5.03. The van der Waals surface area contributed by atoms with Crippen molar-refractivity contribution in [3.8, 4) is 0 Å². The fourth-order valence-electron chi connectivity index (χ4n) is 1.75. The molecule has 1 heterocycles. The molecule has 0 N–H and O–H groups in total. The van der Waals surface area contributed by atoms with Crippen LogP contribution in [0.1, 0.15) is 22.8 Å². The molecule has 0 bridgehead atoms. The third-order valence-corrected chi connectivity index (χ3v) is 2.59. The first-order valence-electron chi connectivity index (χ1n) is 4.65. The van der Waals surface area contributed by atoms with Crippen molar-refractivity contribution in [2.75, 3.05) is 6.54 Å². The smallest absolute Gasteiger partial charge is 0.254 e. The predicted octanol–water partition coefficient (Wildman–Crippen LogP) is 1.88. The number of Topliss-reactive ketones (excluding diaryl/α,β-unsaturated/α-hetero) is 1. The highest BCUT2D eigenvalue weighted by Gasteiger charge is 2.27. The van der Waals surface area contributed by atoms with Gasteiger partial charge < -0.3 is 4.90 Å². The molecule has 0 saturated heterocycles. The van der Waals surface area contributed by atoms with Gasteiger partial charge in [-0.25, -0.2) is 0 Å². The molecule has 0 aliphatic carbocycles. The molecular weight excluding hydrogens is 214 g/mol. The molecule has 0 spiro atoms. The molecule has 15 heavy (non-hydrogen) atoms. The lowest BCUT2D eigenvalue weighted by Crippen LogP contribution is -2.28. The van der Waals surface area contributed by atoms with Gasteiger partial charge in [-0.1, -0.05) is 11.6 Å². The minimum Gasteiger partial charge on any atom is -0.327 e. The average molecular weight is 224 g/mol. The first kappa shape index (κ1) is 10.2. The molecule has 3 nitrogen and oxygen atoms in total. The van der Waals surface area contributed by atoms with Crippen LogP contribution in [0.2, 0.25) is 5.02 Å². The maximum Gasteiger partial charge on any atom is 0.254 e. The van der Waals surface area contributed by atoms with Crippen molar-refractivity contribution < 1.29 is 9.59 Å². The number of amides is 1. The van der Waals surface area contributed by atoms with Crippen LogP contribution in [0.4, 0.5) is 0 Å². The van der Waals surface area contributed by atoms with Crippen LogP contribution >= 0.6 is 11.6 Å². The van der Waals surface area contributed by atoms with Crippen molar-refractivity contribution >= 4 is 23.3 Å². The molecule has 78 valence electrons. The van der Waals surface area contributed by atoms with Gasteiger partial charge in [-0.05, 0) is 30.7 Å². The van der Waals surface area contributed by atoms with Crippen LogP contribution in [0.25, 0.3) is 0 Å². The molecule has 0 unspecified atom stereocenters. The highest BCUT2D eigenvalue weighted by atomic mass is 35.5. The van der Waals surface area contributed by atoms with E-state index in [1.54, 1.807) is 18.2 Å². The molecular formula is C11H10ClNO2. The van der Waals surface area contributed by atoms with E-state index in [0.717, 1.165) is 5.56 Å². The number of carbonyl (C=O) groups is 2. The molecule has 0 radical (unpaired) electrons. The Bertz CT molecular complexity index is 442. The molecule has 1 aromatic rings. The lowest BCUT2D eigenvalue weighted by molar-refractivity contribution is -0.117. The minimum atomic E-state index is -0.0862. The monoisotopic (exact) mass is 223 g/mol. The van der Waals surface area contributed by atoms with E-state index in [0.29, 0.717) is 17.1 Å². The Morgan fingerprint density at radius 2 is 2.27 bits per heavy atom. The average Bonchev–Trinajstić information content (AvgIpc) is 2.42. The van der Waals surface area contributed by atoms with E-state index in [4.69, 9.17) is 11.6 Å². The first-order chi connectivity index (χ1) is 7.08. The van der Waals surface area contributed by atoms with Gasteiger partial charge in [0.15, 0.2) is 0 Å². The van der Waals surface area contributed by atoms with Gasteiger partial charge in [-0.2, -0.15) is 0 Å². The van der Waals surface area contributed by atoms with E-state index in [1.165, 1.54) is 11.8 Å². The van der Waals surface area contributed by atoms with Crippen molar-refractivity contribution in [1.29, 1.82) is 0 Å². The summed E-state index contributed by atoms with van der Waals surface area (Å²) in [7, 11) is 0. The number of ketones is 1. The Hall–Kier alpha value is -1.35. The van der Waals surface area contributed by atoms with Crippen molar-refractivity contribution in [3.63, 3.8) is 0 Å². The van der Waals surface area contributed by atoms with Gasteiger partial charge in [-0.3, -0.25) is 9.59 Å². The zero-order chi connectivity index (χ0) is 11.0. The third-order valence-electron chi connectivity index (χ3n) is 2.36. The van der Waals surface area contributed by atoms with Crippen molar-refractivity contribution in [3.05, 3.63) is 34.3 Å². The Morgan fingerprint density at radius 3 is 2.93 bits per heavy atom. The number of nitrogens with zero attached hydrogens (tertiary/aromatic N) is 1. The van der Waals surface area contributed by atoms with Gasteiger partial charge in [0.25, 0.3) is 5.91 Å². The van der Waals surface area contributed by atoms with E-state index in [2.05, 4.69) is 0 Å². The van der Waals surface area contributed by atoms with Crippen LogP contribution in [-0.2, 0) is 11.3 Å². The number of hydrogen-bond acceptors (Lipinski definition) is 2. The Kier molecular flexibility index (Phi) is 2.49. The lowest BCUT2D eigenvalue weighted by Gasteiger charge is -2.12. The lowest BCUT2D eigenvalue weighted by atomic mass is 10.1. The Labute approximate surface area is 92.6 Å². The fourth-order valence-corrected chi connectivity index (χ4v) is 1.94. The van der Waals surface area contributed by atoms with Crippen LogP contribution in [0.15, 0.2) is 18.2 Å². The van der Waals surface area contributed by atoms with Gasteiger partial charge in [0.05, 0.1) is 6.54 Å². The Balaban J connectivity index is 2.29. The van der Waals surface area contributed by atoms with Crippen molar-refractivity contribution in [1.82, 2.24) is 4.90 Å². The van der Waals surface area contributed by atoms with Crippen LogP contribution in [0, 0.1) is 0 Å². The van der Waals surface area contributed by atoms with Crippen LogP contribution in [0.3, 0.4) is 0 Å². The highest BCUT2D eigenvalue weighted by Crippen LogP contribution is 2.25. The van der Waals surface area contributed by atoms with E-state index >= 15 is 0 Å². The summed E-state index contributed by atoms with van der Waals surface area (Å²) >= 11 is 5.83. The summed E-state index contributed by atoms with van der Waals surface area (Å²) in [6, 6.07) is 5.17. The normalized spacial score (nSPS) is 14.3. The topological polar surface area (TPSA) is 37.4 Å². The summed E-state index contributed by atoms with van der Waals surface area (Å²) in [5.74, 6) is -0.0980. The summed E-state index contributed by atoms with van der Waals surface area (Å²) in [5, 5.41) is 0.617. The van der Waals surface area contributed by atoms with Gasteiger partial charge >= 0.3 is 0 Å². The molecule has 0 saturated carbocycles. The quantitative estimate of drug-likeness (QED) is 0.768. The molecule has 0 aromatic heterocycles. The van der Waals surface area contributed by atoms with Gasteiger partial charge in [0.2, 0.25) is 0 Å². The van der Waals surface area contributed by atoms with Crippen LogP contribution in [0.5, 0.6) is 0 Å². The van der Waals surface area contributed by atoms with E-state index < -0.39 is 0 Å². The summed E-state index contributed by atoms with van der Waals surface area (Å²) in [5.41, 5.74) is 1.55. The van der Waals surface area contributed by atoms with Gasteiger partial charge in [-0.15, -0.1) is 0 Å². The maximum atomic E-state index is 11.8. The largest absolute Gasteiger partial charge is 0.327 e. The molecule has 2 rings (SSSR count). The van der Waals surface area contributed by atoms with Crippen molar-refractivity contribution in [2.24, 2.45) is 0 Å². The number of fused-ring (bicyclic) bond motifs is 1. The molecule has 4 heteroatoms. The summed E-state index contributed by atoms with van der Waals surface area (Å²) in [4.78, 5) is 24.2. The maximum absolute atomic E-state index is 11.8. The zero-order valence-electron chi connectivity index (χ0n) is 8.29. The van der Waals surface area contributed by atoms with E-state index in [-0.39, 0.29) is 18.2 Å². The number of benzene rings is 1. The third kappa shape index (κ3) is 1.88. The second kappa shape index (κ2) is 3.66. The zero-order valence-corrected chi connectivity index (χ0v) is 9.04. The van der Waals surface area contributed by atoms with Crippen molar-refractivity contribution in [2.45, 2.75) is 13.5 Å². The summed E-state index contributed by atoms with van der Waals surface area (Å²) in [6.07, 6.45) is 0. The Morgan fingerprint density at radius 1 is 1.53 bits per heavy atom. The number of rotatable bonds is 2. The van der Waals surface area contributed by atoms with Gasteiger partial charge in [0.1, 0.15) is 5.78 Å². The molecule has 1 aromatic carbocycles. The standard InChI is InChI=1S/C11H10ClNO2/c1-7(14)5-13-6-8-4-9(12)2-3-10(8)11(13)15/h2-4H,5-6H2,1H3. The van der Waals surface area contributed by atoms with Crippen LogP contribution < -0.4 is 0 Å². The van der Waals surface area contributed by atoms with Gasteiger partial charge in [0, 0.05) is 17.1 Å². The minimum absolute atomic E-state index is 0.0118. The number of halogens is 1. The second-order valence-corrected chi connectivity index (χ2v) is 4.10. The molecule has 1 aliphatic rings. The van der Waals surface area contributed by atoms with E-state index in [1.807, 2.05) is 0 Å². The molecule has 1 aliphatic heterocycles. The predicted molar refractivity (Wildman–Crippen MR) is 56.9 cm³/mol. The number of hydrogen-bond donors (Lipinski definition) is 0. The second-order valence-electron chi connectivity index (χ2n) is 3.66.